The predicted octanol–water partition coefficient (Wildman–Crippen LogP) is 6.37. The molecule has 0 N–H and O–H groups in total. The van der Waals surface area contributed by atoms with E-state index in [0.717, 1.165) is 29.7 Å². The summed E-state index contributed by atoms with van der Waals surface area (Å²) in [6.45, 7) is 4.62. The van der Waals surface area contributed by atoms with E-state index < -0.39 is 6.04 Å². The molecule has 2 aromatic carbocycles. The first-order valence-electron chi connectivity index (χ1n) is 10.7. The van der Waals surface area contributed by atoms with Crippen LogP contribution in [0.25, 0.3) is 0 Å². The summed E-state index contributed by atoms with van der Waals surface area (Å²) in [5, 5.41) is 0. The molecule has 3 nitrogen and oxygen atoms in total. The molecule has 1 atom stereocenters. The lowest BCUT2D eigenvalue weighted by Crippen LogP contribution is -2.24. The largest absolute Gasteiger partial charge is 0.464 e. The summed E-state index contributed by atoms with van der Waals surface area (Å²) in [7, 11) is 0. The van der Waals surface area contributed by atoms with Gasteiger partial charge in [0.1, 0.15) is 0 Å². The highest BCUT2D eigenvalue weighted by atomic mass is 16.5. The van der Waals surface area contributed by atoms with Crippen LogP contribution in [0.15, 0.2) is 77.8 Å². The van der Waals surface area contributed by atoms with Crippen LogP contribution >= 0.6 is 0 Å². The summed E-state index contributed by atoms with van der Waals surface area (Å²) >= 11 is 0. The van der Waals surface area contributed by atoms with E-state index in [4.69, 9.17) is 9.73 Å². The van der Waals surface area contributed by atoms with Gasteiger partial charge in [0.15, 0.2) is 6.04 Å². The van der Waals surface area contributed by atoms with Gasteiger partial charge in [0.05, 0.1) is 12.3 Å². The number of aliphatic imine (C=N–C) groups is 1. The van der Waals surface area contributed by atoms with E-state index in [0.29, 0.717) is 13.0 Å². The Morgan fingerprint density at radius 3 is 2.07 bits per heavy atom. The molecule has 0 aliphatic rings. The zero-order chi connectivity index (χ0) is 20.7. The Hall–Kier alpha value is -2.68. The molecule has 0 fully saturated rings. The van der Waals surface area contributed by atoms with Crippen molar-refractivity contribution in [2.24, 2.45) is 4.99 Å². The molecule has 0 radical (unpaired) electrons. The molecule has 2 rings (SSSR count). The average molecular weight is 392 g/mol. The molecular weight excluding hydrogens is 358 g/mol. The Morgan fingerprint density at radius 2 is 1.52 bits per heavy atom. The van der Waals surface area contributed by atoms with E-state index >= 15 is 0 Å². The number of ether oxygens (including phenoxy) is 1. The van der Waals surface area contributed by atoms with Crippen LogP contribution in [0.3, 0.4) is 0 Å². The molecule has 0 saturated carbocycles. The quantitative estimate of drug-likeness (QED) is 0.182. The fraction of sp³-hybridized carbons (Fsp3) is 0.385. The average Bonchev–Trinajstić information content (AvgIpc) is 2.77. The highest BCUT2D eigenvalue weighted by Crippen LogP contribution is 2.15. The summed E-state index contributed by atoms with van der Waals surface area (Å²) in [5.74, 6) is -0.247. The Balaban J connectivity index is 2.18. The number of carbonyl (C=O) groups excluding carboxylic acids is 1. The fourth-order valence-electron chi connectivity index (χ4n) is 3.10. The minimum atomic E-state index is -0.544. The number of hydrogen-bond donors (Lipinski definition) is 0. The minimum absolute atomic E-state index is 0.247. The van der Waals surface area contributed by atoms with Crippen LogP contribution in [0.2, 0.25) is 0 Å². The van der Waals surface area contributed by atoms with Crippen molar-refractivity contribution in [2.75, 3.05) is 6.61 Å². The molecule has 1 unspecified atom stereocenters. The number of benzene rings is 2. The smallest absolute Gasteiger partial charge is 0.331 e. The van der Waals surface area contributed by atoms with Crippen molar-refractivity contribution in [3.8, 4) is 0 Å². The number of unbranched alkanes of at least 4 members (excludes halogenated alkanes) is 4. The van der Waals surface area contributed by atoms with E-state index in [1.54, 1.807) is 0 Å². The van der Waals surface area contributed by atoms with Crippen molar-refractivity contribution in [3.05, 3.63) is 83.9 Å². The zero-order valence-corrected chi connectivity index (χ0v) is 17.7. The van der Waals surface area contributed by atoms with Crippen molar-refractivity contribution in [2.45, 2.75) is 58.4 Å². The van der Waals surface area contributed by atoms with Crippen molar-refractivity contribution in [1.29, 1.82) is 0 Å². The van der Waals surface area contributed by atoms with E-state index in [1.165, 1.54) is 19.3 Å². The molecule has 0 heterocycles. The van der Waals surface area contributed by atoms with E-state index in [9.17, 15) is 4.79 Å². The highest BCUT2D eigenvalue weighted by Gasteiger charge is 2.20. The summed E-state index contributed by atoms with van der Waals surface area (Å²) in [4.78, 5) is 17.6. The Bertz CT molecular complexity index is 724. The summed E-state index contributed by atoms with van der Waals surface area (Å²) in [6.07, 6.45) is 10.1. The van der Waals surface area contributed by atoms with Gasteiger partial charge in [0.2, 0.25) is 0 Å². The van der Waals surface area contributed by atoms with Gasteiger partial charge in [0, 0.05) is 11.1 Å². The molecule has 154 valence electrons. The molecule has 0 aromatic heterocycles. The van der Waals surface area contributed by atoms with Crippen molar-refractivity contribution in [3.63, 3.8) is 0 Å². The van der Waals surface area contributed by atoms with Crippen molar-refractivity contribution >= 4 is 11.7 Å². The molecule has 0 aliphatic carbocycles. The van der Waals surface area contributed by atoms with E-state index in [2.05, 4.69) is 6.92 Å². The number of hydrogen-bond acceptors (Lipinski definition) is 3. The molecule has 3 heteroatoms. The van der Waals surface area contributed by atoms with Gasteiger partial charge >= 0.3 is 5.97 Å². The Kier molecular flexibility index (Phi) is 10.5. The second kappa shape index (κ2) is 13.5. The third-order valence-electron chi connectivity index (χ3n) is 4.74. The standard InChI is InChI=1S/C26H33NO2/c1-3-5-7-8-15-21-29-26(28)24(20-6-4-2)27-25(22-16-11-9-12-17-22)23-18-13-10-14-19-23/h4,6,9-14,16-19,24H,3,5,7-8,15,20-21H2,1-2H3/b6-4+. The van der Waals surface area contributed by atoms with Crippen molar-refractivity contribution < 1.29 is 9.53 Å². The van der Waals surface area contributed by atoms with Crippen LogP contribution in [0.1, 0.15) is 63.5 Å². The molecule has 29 heavy (non-hydrogen) atoms. The van der Waals surface area contributed by atoms with Crippen LogP contribution in [0.5, 0.6) is 0 Å². The maximum atomic E-state index is 12.8. The Morgan fingerprint density at radius 1 is 0.931 bits per heavy atom. The monoisotopic (exact) mass is 391 g/mol. The molecule has 0 aliphatic heterocycles. The van der Waals surface area contributed by atoms with Crippen LogP contribution in [0.4, 0.5) is 0 Å². The van der Waals surface area contributed by atoms with Crippen LogP contribution in [-0.4, -0.2) is 24.3 Å². The molecule has 0 bridgehead atoms. The zero-order valence-electron chi connectivity index (χ0n) is 17.7. The van der Waals surface area contributed by atoms with Crippen LogP contribution < -0.4 is 0 Å². The summed E-state index contributed by atoms with van der Waals surface area (Å²) < 4.78 is 5.57. The van der Waals surface area contributed by atoms with Gasteiger partial charge in [-0.2, -0.15) is 0 Å². The minimum Gasteiger partial charge on any atom is -0.464 e. The molecule has 0 amide bonds. The second-order valence-corrected chi connectivity index (χ2v) is 7.11. The number of nitrogens with zero attached hydrogens (tertiary/aromatic N) is 1. The third kappa shape index (κ3) is 8.06. The first kappa shape index (κ1) is 22.6. The normalized spacial score (nSPS) is 11.9. The maximum Gasteiger partial charge on any atom is 0.331 e. The third-order valence-corrected chi connectivity index (χ3v) is 4.74. The fourth-order valence-corrected chi connectivity index (χ4v) is 3.10. The first-order valence-corrected chi connectivity index (χ1v) is 10.7. The van der Waals surface area contributed by atoms with Gasteiger partial charge in [-0.25, -0.2) is 4.79 Å². The SMILES string of the molecule is C/C=C/CC(N=C(c1ccccc1)c1ccccc1)C(=O)OCCCCCCC. The topological polar surface area (TPSA) is 38.7 Å². The lowest BCUT2D eigenvalue weighted by Gasteiger charge is -2.14. The molecule has 0 spiro atoms. The van der Waals surface area contributed by atoms with Crippen molar-refractivity contribution in [1.82, 2.24) is 0 Å². The maximum absolute atomic E-state index is 12.8. The van der Waals surface area contributed by atoms with Gasteiger partial charge in [-0.15, -0.1) is 0 Å². The summed E-state index contributed by atoms with van der Waals surface area (Å²) in [5.41, 5.74) is 2.81. The number of allylic oxidation sites excluding steroid dienone is 1. The van der Waals surface area contributed by atoms with Gasteiger partial charge in [-0.05, 0) is 19.8 Å². The molecular formula is C26H33NO2. The number of rotatable bonds is 12. The highest BCUT2D eigenvalue weighted by molar-refractivity contribution is 6.13. The number of esters is 1. The van der Waals surface area contributed by atoms with E-state index in [-0.39, 0.29) is 5.97 Å². The van der Waals surface area contributed by atoms with Gasteiger partial charge in [0.25, 0.3) is 0 Å². The van der Waals surface area contributed by atoms with Crippen LogP contribution in [-0.2, 0) is 9.53 Å². The Labute approximate surface area is 175 Å². The molecule has 0 saturated heterocycles. The lowest BCUT2D eigenvalue weighted by atomic mass is 10.0. The van der Waals surface area contributed by atoms with Gasteiger partial charge in [-0.3, -0.25) is 4.99 Å². The second-order valence-electron chi connectivity index (χ2n) is 7.11. The lowest BCUT2D eigenvalue weighted by molar-refractivity contribution is -0.145. The summed E-state index contributed by atoms with van der Waals surface area (Å²) in [6, 6.07) is 19.5. The number of carbonyl (C=O) groups is 1. The molecule has 2 aromatic rings. The predicted molar refractivity (Wildman–Crippen MR) is 121 cm³/mol. The van der Waals surface area contributed by atoms with Gasteiger partial charge in [-0.1, -0.05) is 105 Å². The van der Waals surface area contributed by atoms with Gasteiger partial charge < -0.3 is 4.74 Å². The van der Waals surface area contributed by atoms with E-state index in [1.807, 2.05) is 79.7 Å². The first-order chi connectivity index (χ1) is 14.3. The van der Waals surface area contributed by atoms with Crippen LogP contribution in [0, 0.1) is 0 Å².